The molecule has 0 aliphatic heterocycles. The van der Waals surface area contributed by atoms with Crippen LogP contribution < -0.4 is 21.2 Å². The van der Waals surface area contributed by atoms with Gasteiger partial charge in [0.25, 0.3) is 11.1 Å². The van der Waals surface area contributed by atoms with Gasteiger partial charge in [-0.2, -0.15) is 10.2 Å². The van der Waals surface area contributed by atoms with E-state index in [4.69, 9.17) is 9.15 Å². The molecule has 10 nitrogen and oxygen atoms in total. The van der Waals surface area contributed by atoms with Crippen molar-refractivity contribution in [1.29, 1.82) is 0 Å². The predicted molar refractivity (Wildman–Crippen MR) is 124 cm³/mol. The lowest BCUT2D eigenvalue weighted by molar-refractivity contribution is -0.121. The third-order valence-electron chi connectivity index (χ3n) is 4.91. The van der Waals surface area contributed by atoms with E-state index in [1.54, 1.807) is 18.2 Å². The molecular weight excluding hydrogens is 438 g/mol. The highest BCUT2D eigenvalue weighted by molar-refractivity contribution is 5.75. The Hall–Kier alpha value is -4.47. The molecule has 1 aromatic carbocycles. The third-order valence-corrected chi connectivity index (χ3v) is 4.91. The number of aromatic nitrogens is 4. The summed E-state index contributed by atoms with van der Waals surface area (Å²) in [6.45, 7) is 2.56. The number of hydrogen-bond donors (Lipinski definition) is 1. The number of furan rings is 1. The number of ether oxygens (including phenoxy) is 1. The summed E-state index contributed by atoms with van der Waals surface area (Å²) < 4.78 is 13.1. The molecule has 3 heterocycles. The number of hydrogen-bond acceptors (Lipinski definition) is 7. The molecule has 4 aromatic rings. The van der Waals surface area contributed by atoms with E-state index < -0.39 is 11.5 Å². The Morgan fingerprint density at radius 3 is 2.35 bits per heavy atom. The lowest BCUT2D eigenvalue weighted by atomic mass is 10.1. The molecular formula is C24H23N5O5. The van der Waals surface area contributed by atoms with Gasteiger partial charge >= 0.3 is 0 Å². The first kappa shape index (κ1) is 22.7. The molecule has 1 N–H and O–H groups in total. The van der Waals surface area contributed by atoms with Crippen LogP contribution in [-0.2, 0) is 17.9 Å². The number of carbonyl (C=O) groups is 1. The van der Waals surface area contributed by atoms with E-state index >= 15 is 0 Å². The Balaban J connectivity index is 1.37. The zero-order chi connectivity index (χ0) is 23.9. The van der Waals surface area contributed by atoms with Crippen LogP contribution >= 0.6 is 0 Å². The molecule has 0 aliphatic carbocycles. The standard InChI is InChI=1S/C24H23N5O5/c1-2-33-18-7-5-17(6-8-18)19-9-11-23(31)28(26-19)14-13-25-22(30)16-29-24(32)12-10-20(27-29)21-4-3-15-34-21/h3-12,15H,2,13-14,16H2,1H3,(H,25,30). The highest BCUT2D eigenvalue weighted by Gasteiger charge is 2.10. The summed E-state index contributed by atoms with van der Waals surface area (Å²) in [5, 5.41) is 11.2. The second kappa shape index (κ2) is 10.4. The molecule has 0 fully saturated rings. The zero-order valence-corrected chi connectivity index (χ0v) is 18.5. The smallest absolute Gasteiger partial charge is 0.267 e. The predicted octanol–water partition coefficient (Wildman–Crippen LogP) is 1.94. The van der Waals surface area contributed by atoms with E-state index in [0.29, 0.717) is 23.8 Å². The molecule has 3 aromatic heterocycles. The van der Waals surface area contributed by atoms with Crippen LogP contribution in [0.5, 0.6) is 5.75 Å². The molecule has 4 rings (SSSR count). The van der Waals surface area contributed by atoms with Gasteiger partial charge in [-0.3, -0.25) is 14.4 Å². The molecule has 0 aliphatic rings. The maximum absolute atomic E-state index is 12.4. The fourth-order valence-electron chi connectivity index (χ4n) is 3.26. The van der Waals surface area contributed by atoms with Gasteiger partial charge in [-0.1, -0.05) is 0 Å². The molecule has 0 unspecified atom stereocenters. The zero-order valence-electron chi connectivity index (χ0n) is 18.5. The van der Waals surface area contributed by atoms with Crippen LogP contribution in [0.1, 0.15) is 6.92 Å². The summed E-state index contributed by atoms with van der Waals surface area (Å²) in [4.78, 5) is 36.6. The minimum Gasteiger partial charge on any atom is -0.494 e. The minimum absolute atomic E-state index is 0.158. The molecule has 0 saturated heterocycles. The van der Waals surface area contributed by atoms with Crippen LogP contribution in [0.3, 0.4) is 0 Å². The van der Waals surface area contributed by atoms with Crippen molar-refractivity contribution < 1.29 is 13.9 Å². The molecule has 10 heteroatoms. The Bertz CT molecular complexity index is 1370. The third kappa shape index (κ3) is 5.47. The van der Waals surface area contributed by atoms with Crippen molar-refractivity contribution in [3.05, 3.63) is 87.6 Å². The van der Waals surface area contributed by atoms with Gasteiger partial charge in [0.2, 0.25) is 5.91 Å². The average molecular weight is 461 g/mol. The number of nitrogens with zero attached hydrogens (tertiary/aromatic N) is 4. The van der Waals surface area contributed by atoms with Crippen molar-refractivity contribution in [3.8, 4) is 28.5 Å². The SMILES string of the molecule is CCOc1ccc(-c2ccc(=O)n(CCNC(=O)Cn3nc(-c4ccco4)ccc3=O)n2)cc1. The molecule has 0 atom stereocenters. The number of amides is 1. The summed E-state index contributed by atoms with van der Waals surface area (Å²) in [5.41, 5.74) is 1.21. The van der Waals surface area contributed by atoms with Gasteiger partial charge in [0.1, 0.15) is 18.0 Å². The second-order valence-corrected chi connectivity index (χ2v) is 7.28. The van der Waals surface area contributed by atoms with Crippen LogP contribution in [0.25, 0.3) is 22.7 Å². The molecule has 1 amide bonds. The lowest BCUT2D eigenvalue weighted by Gasteiger charge is -2.10. The fraction of sp³-hybridized carbons (Fsp3) is 0.208. The minimum atomic E-state index is -0.415. The van der Waals surface area contributed by atoms with Crippen molar-refractivity contribution in [2.45, 2.75) is 20.0 Å². The van der Waals surface area contributed by atoms with Crippen LogP contribution in [0.4, 0.5) is 0 Å². The second-order valence-electron chi connectivity index (χ2n) is 7.28. The number of rotatable bonds is 9. The van der Waals surface area contributed by atoms with E-state index in [9.17, 15) is 14.4 Å². The van der Waals surface area contributed by atoms with Crippen molar-refractivity contribution >= 4 is 5.91 Å². The lowest BCUT2D eigenvalue weighted by Crippen LogP contribution is -2.36. The van der Waals surface area contributed by atoms with E-state index in [1.165, 1.54) is 29.1 Å². The van der Waals surface area contributed by atoms with Crippen molar-refractivity contribution in [2.75, 3.05) is 13.2 Å². The van der Waals surface area contributed by atoms with Crippen molar-refractivity contribution in [2.24, 2.45) is 0 Å². The molecule has 0 saturated carbocycles. The van der Waals surface area contributed by atoms with Crippen molar-refractivity contribution in [3.63, 3.8) is 0 Å². The van der Waals surface area contributed by atoms with Crippen LogP contribution in [0.2, 0.25) is 0 Å². The van der Waals surface area contributed by atoms with E-state index in [2.05, 4.69) is 15.5 Å². The van der Waals surface area contributed by atoms with Gasteiger partial charge in [0, 0.05) is 24.2 Å². The molecule has 174 valence electrons. The molecule has 34 heavy (non-hydrogen) atoms. The number of carbonyl (C=O) groups excluding carboxylic acids is 1. The maximum Gasteiger partial charge on any atom is 0.267 e. The summed E-state index contributed by atoms with van der Waals surface area (Å²) in [5.74, 6) is 0.833. The molecule has 0 bridgehead atoms. The van der Waals surface area contributed by atoms with Gasteiger partial charge in [0.05, 0.1) is 25.1 Å². The quantitative estimate of drug-likeness (QED) is 0.404. The number of benzene rings is 1. The first-order chi connectivity index (χ1) is 16.5. The average Bonchev–Trinajstić information content (AvgIpc) is 3.38. The monoisotopic (exact) mass is 461 g/mol. The maximum atomic E-state index is 12.4. The summed E-state index contributed by atoms with van der Waals surface area (Å²) >= 11 is 0. The van der Waals surface area contributed by atoms with E-state index in [0.717, 1.165) is 16.0 Å². The molecule has 0 spiro atoms. The highest BCUT2D eigenvalue weighted by Crippen LogP contribution is 2.20. The van der Waals surface area contributed by atoms with Crippen LogP contribution in [0.15, 0.2) is 80.9 Å². The van der Waals surface area contributed by atoms with Gasteiger partial charge in [-0.05, 0) is 55.5 Å². The molecule has 0 radical (unpaired) electrons. The van der Waals surface area contributed by atoms with Crippen molar-refractivity contribution in [1.82, 2.24) is 24.9 Å². The Kier molecular flexibility index (Phi) is 6.97. The first-order valence-electron chi connectivity index (χ1n) is 10.7. The summed E-state index contributed by atoms with van der Waals surface area (Å²) in [6.07, 6.45) is 1.50. The van der Waals surface area contributed by atoms with E-state index in [1.807, 2.05) is 31.2 Å². The summed E-state index contributed by atoms with van der Waals surface area (Å²) in [6, 6.07) is 16.8. The fourth-order valence-corrected chi connectivity index (χ4v) is 3.26. The number of nitrogens with one attached hydrogen (secondary N) is 1. The first-order valence-corrected chi connectivity index (χ1v) is 10.7. The Morgan fingerprint density at radius 1 is 0.941 bits per heavy atom. The normalized spacial score (nSPS) is 10.7. The van der Waals surface area contributed by atoms with Gasteiger partial charge in [-0.25, -0.2) is 9.36 Å². The Labute approximate surface area is 194 Å². The topological polar surface area (TPSA) is 121 Å². The van der Waals surface area contributed by atoms with Gasteiger partial charge in [0.15, 0.2) is 5.76 Å². The van der Waals surface area contributed by atoms with E-state index in [-0.39, 0.29) is 25.2 Å². The Morgan fingerprint density at radius 2 is 1.65 bits per heavy atom. The van der Waals surface area contributed by atoms with Gasteiger partial charge in [-0.15, -0.1) is 0 Å². The van der Waals surface area contributed by atoms with Crippen LogP contribution in [0, 0.1) is 0 Å². The van der Waals surface area contributed by atoms with Crippen LogP contribution in [-0.4, -0.2) is 38.6 Å². The largest absolute Gasteiger partial charge is 0.494 e. The van der Waals surface area contributed by atoms with Gasteiger partial charge < -0.3 is 14.5 Å². The highest BCUT2D eigenvalue weighted by atomic mass is 16.5. The summed E-state index contributed by atoms with van der Waals surface area (Å²) in [7, 11) is 0.